The van der Waals surface area contributed by atoms with Gasteiger partial charge in [-0.2, -0.15) is 0 Å². The van der Waals surface area contributed by atoms with Crippen LogP contribution in [0.1, 0.15) is 68.7 Å². The summed E-state index contributed by atoms with van der Waals surface area (Å²) in [6.07, 6.45) is 0.928. The average Bonchev–Trinajstić information content (AvgIpc) is 3.03. The van der Waals surface area contributed by atoms with Crippen molar-refractivity contribution >= 4 is 17.7 Å². The molecular weight excluding hydrogens is 332 g/mol. The van der Waals surface area contributed by atoms with E-state index in [1.54, 1.807) is 11.8 Å². The fraction of sp³-hybridized carbons (Fsp3) is 0.526. The summed E-state index contributed by atoms with van der Waals surface area (Å²) in [7, 11) is 0. The largest absolute Gasteiger partial charge is 0.350 e. The van der Waals surface area contributed by atoms with E-state index in [1.807, 2.05) is 31.2 Å². The number of amides is 1. The molecule has 2 aromatic rings. The number of thioether (sulfide) groups is 1. The summed E-state index contributed by atoms with van der Waals surface area (Å²) >= 11 is 1.68. The van der Waals surface area contributed by atoms with Gasteiger partial charge in [0.05, 0.1) is 0 Å². The Kier molecular flexibility index (Phi) is 7.05. The van der Waals surface area contributed by atoms with Gasteiger partial charge < -0.3 is 9.88 Å². The third-order valence-electron chi connectivity index (χ3n) is 4.15. The van der Waals surface area contributed by atoms with Crippen LogP contribution in [0.3, 0.4) is 0 Å². The topological polar surface area (TPSA) is 59.8 Å². The lowest BCUT2D eigenvalue weighted by Gasteiger charge is -2.11. The van der Waals surface area contributed by atoms with Gasteiger partial charge in [-0.25, -0.2) is 0 Å². The molecule has 0 saturated heterocycles. The lowest BCUT2D eigenvalue weighted by Crippen LogP contribution is -2.31. The predicted octanol–water partition coefficient (Wildman–Crippen LogP) is 4.24. The maximum absolute atomic E-state index is 12.1. The van der Waals surface area contributed by atoms with Crippen molar-refractivity contribution in [1.29, 1.82) is 0 Å². The van der Waals surface area contributed by atoms with Crippen molar-refractivity contribution in [2.45, 2.75) is 70.5 Å². The summed E-state index contributed by atoms with van der Waals surface area (Å²) in [6, 6.07) is 7.98. The molecule has 6 heteroatoms. The maximum atomic E-state index is 12.1. The highest BCUT2D eigenvalue weighted by Gasteiger charge is 2.14. The highest BCUT2D eigenvalue weighted by molar-refractivity contribution is 7.98. The molecule has 0 saturated carbocycles. The van der Waals surface area contributed by atoms with E-state index in [1.165, 1.54) is 5.56 Å². The van der Waals surface area contributed by atoms with Crippen LogP contribution in [0.25, 0.3) is 0 Å². The van der Waals surface area contributed by atoms with E-state index in [9.17, 15) is 4.79 Å². The zero-order valence-corrected chi connectivity index (χ0v) is 16.6. The highest BCUT2D eigenvalue weighted by atomic mass is 32.2. The standard InChI is InChI=1S/C19H28N4OS/c1-6-14(5)20-18(24)16-10-8-15(9-11-16)12-25-19-22-21-17(13(3)4)23(19)7-2/h8-11,13-14H,6-7,12H2,1-5H3,(H,20,24)/t14-/m0/s1. The van der Waals surface area contributed by atoms with Gasteiger partial charge in [-0.05, 0) is 38.0 Å². The highest BCUT2D eigenvalue weighted by Crippen LogP contribution is 2.24. The number of benzene rings is 1. The quantitative estimate of drug-likeness (QED) is 0.715. The smallest absolute Gasteiger partial charge is 0.251 e. The van der Waals surface area contributed by atoms with Crippen molar-refractivity contribution in [3.05, 3.63) is 41.2 Å². The molecule has 0 radical (unpaired) electrons. The number of nitrogens with zero attached hydrogens (tertiary/aromatic N) is 3. The van der Waals surface area contributed by atoms with Gasteiger partial charge in [0.25, 0.3) is 5.91 Å². The van der Waals surface area contributed by atoms with Crippen molar-refractivity contribution in [2.24, 2.45) is 0 Å². The first-order valence-corrected chi connectivity index (χ1v) is 9.90. The van der Waals surface area contributed by atoms with E-state index >= 15 is 0 Å². The van der Waals surface area contributed by atoms with E-state index in [0.717, 1.165) is 29.7 Å². The molecule has 0 aliphatic heterocycles. The molecule has 0 fully saturated rings. The molecule has 0 spiro atoms. The second-order valence-electron chi connectivity index (χ2n) is 6.51. The van der Waals surface area contributed by atoms with Crippen molar-refractivity contribution in [1.82, 2.24) is 20.1 Å². The minimum atomic E-state index is -0.0131. The third kappa shape index (κ3) is 5.08. The van der Waals surface area contributed by atoms with Gasteiger partial charge in [-0.3, -0.25) is 4.79 Å². The van der Waals surface area contributed by atoms with Crippen LogP contribution in [0.2, 0.25) is 0 Å². The first-order chi connectivity index (χ1) is 12.0. The van der Waals surface area contributed by atoms with Gasteiger partial charge in [0.1, 0.15) is 5.82 Å². The van der Waals surface area contributed by atoms with Crippen LogP contribution >= 0.6 is 11.8 Å². The average molecular weight is 361 g/mol. The molecule has 25 heavy (non-hydrogen) atoms. The second-order valence-corrected chi connectivity index (χ2v) is 7.45. The molecule has 1 aromatic carbocycles. The molecule has 136 valence electrons. The van der Waals surface area contributed by atoms with Gasteiger partial charge in [0.15, 0.2) is 5.16 Å². The van der Waals surface area contributed by atoms with Crippen LogP contribution < -0.4 is 5.32 Å². The maximum Gasteiger partial charge on any atom is 0.251 e. The van der Waals surface area contributed by atoms with Crippen LogP contribution in [-0.4, -0.2) is 26.7 Å². The Morgan fingerprint density at radius 2 is 1.84 bits per heavy atom. The summed E-state index contributed by atoms with van der Waals surface area (Å²) in [5.41, 5.74) is 1.87. The number of rotatable bonds is 8. The zero-order chi connectivity index (χ0) is 18.4. The zero-order valence-electron chi connectivity index (χ0n) is 15.7. The molecule has 1 heterocycles. The summed E-state index contributed by atoms with van der Waals surface area (Å²) in [4.78, 5) is 12.1. The van der Waals surface area contributed by atoms with E-state index in [4.69, 9.17) is 0 Å². The van der Waals surface area contributed by atoms with Crippen molar-refractivity contribution < 1.29 is 4.79 Å². The van der Waals surface area contributed by atoms with Crippen molar-refractivity contribution in [2.75, 3.05) is 0 Å². The third-order valence-corrected chi connectivity index (χ3v) is 5.19. The normalized spacial score (nSPS) is 12.4. The van der Waals surface area contributed by atoms with Crippen LogP contribution in [0, 0.1) is 0 Å². The molecule has 5 nitrogen and oxygen atoms in total. The van der Waals surface area contributed by atoms with Crippen molar-refractivity contribution in [3.63, 3.8) is 0 Å². The Labute approximate surface area is 154 Å². The first kappa shape index (κ1) is 19.5. The second kappa shape index (κ2) is 9.04. The molecule has 1 amide bonds. The minimum absolute atomic E-state index is 0.0131. The Bertz CT molecular complexity index is 694. The Hall–Kier alpha value is -1.82. The summed E-state index contributed by atoms with van der Waals surface area (Å²) < 4.78 is 2.17. The first-order valence-electron chi connectivity index (χ1n) is 8.91. The molecule has 0 aliphatic rings. The van der Waals surface area contributed by atoms with E-state index in [-0.39, 0.29) is 11.9 Å². The Balaban J connectivity index is 1.99. The van der Waals surface area contributed by atoms with Gasteiger partial charge in [0.2, 0.25) is 0 Å². The van der Waals surface area contributed by atoms with Gasteiger partial charge >= 0.3 is 0 Å². The molecule has 1 aromatic heterocycles. The number of aromatic nitrogens is 3. The lowest BCUT2D eigenvalue weighted by molar-refractivity contribution is 0.0939. The molecule has 0 unspecified atom stereocenters. The number of hydrogen-bond acceptors (Lipinski definition) is 4. The van der Waals surface area contributed by atoms with Crippen LogP contribution in [0.5, 0.6) is 0 Å². The lowest BCUT2D eigenvalue weighted by atomic mass is 10.1. The number of carbonyl (C=O) groups is 1. The SMILES string of the molecule is CC[C@H](C)NC(=O)c1ccc(CSc2nnc(C(C)C)n2CC)cc1. The minimum Gasteiger partial charge on any atom is -0.350 e. The van der Waals surface area contributed by atoms with Crippen LogP contribution in [0.4, 0.5) is 0 Å². The molecule has 1 N–H and O–H groups in total. The predicted molar refractivity (Wildman–Crippen MR) is 103 cm³/mol. The summed E-state index contributed by atoms with van der Waals surface area (Å²) in [5, 5.41) is 12.6. The van der Waals surface area contributed by atoms with Gasteiger partial charge in [-0.15, -0.1) is 10.2 Å². The van der Waals surface area contributed by atoms with Crippen LogP contribution in [0.15, 0.2) is 29.4 Å². The molecular formula is C19H28N4OS. The van der Waals surface area contributed by atoms with Gasteiger partial charge in [-0.1, -0.05) is 44.7 Å². The number of carbonyl (C=O) groups excluding carboxylic acids is 1. The fourth-order valence-corrected chi connectivity index (χ4v) is 3.41. The van der Waals surface area contributed by atoms with Gasteiger partial charge in [0, 0.05) is 29.8 Å². The fourth-order valence-electron chi connectivity index (χ4n) is 2.44. The van der Waals surface area contributed by atoms with E-state index in [0.29, 0.717) is 11.5 Å². The van der Waals surface area contributed by atoms with E-state index < -0.39 is 0 Å². The van der Waals surface area contributed by atoms with E-state index in [2.05, 4.69) is 47.8 Å². The number of nitrogens with one attached hydrogen (secondary N) is 1. The Morgan fingerprint density at radius 1 is 1.16 bits per heavy atom. The molecule has 0 bridgehead atoms. The van der Waals surface area contributed by atoms with Crippen molar-refractivity contribution in [3.8, 4) is 0 Å². The number of hydrogen-bond donors (Lipinski definition) is 1. The van der Waals surface area contributed by atoms with Crippen LogP contribution in [-0.2, 0) is 12.3 Å². The monoisotopic (exact) mass is 360 g/mol. The summed E-state index contributed by atoms with van der Waals surface area (Å²) in [6.45, 7) is 11.3. The summed E-state index contributed by atoms with van der Waals surface area (Å²) in [5.74, 6) is 2.19. The molecule has 1 atom stereocenters. The molecule has 0 aliphatic carbocycles. The Morgan fingerprint density at radius 3 is 2.40 bits per heavy atom. The molecule has 2 rings (SSSR count).